The third kappa shape index (κ3) is 7.77. The number of hydrogen-bond acceptors (Lipinski definition) is 7. The van der Waals surface area contributed by atoms with Gasteiger partial charge in [0.1, 0.15) is 0 Å². The van der Waals surface area contributed by atoms with E-state index in [9.17, 15) is 9.59 Å². The predicted molar refractivity (Wildman–Crippen MR) is 155 cm³/mol. The maximum absolute atomic E-state index is 12.6. The SMILES string of the molecule is CCCC(CCNC(=O)c1ccc2[nH]c(=O)oc2c1)NCCc1nc(Nc2cc(C)cc(C)c2)ncc1CC. The number of benzene rings is 2. The summed E-state index contributed by atoms with van der Waals surface area (Å²) in [7, 11) is 0. The minimum absolute atomic E-state index is 0.187. The molecule has 0 radical (unpaired) electrons. The smallest absolute Gasteiger partial charge is 0.408 e. The molecule has 1 atom stereocenters. The first kappa shape index (κ1) is 28.0. The number of rotatable bonds is 13. The summed E-state index contributed by atoms with van der Waals surface area (Å²) >= 11 is 0. The average Bonchev–Trinajstić information content (AvgIpc) is 3.27. The van der Waals surface area contributed by atoms with Crippen molar-refractivity contribution in [3.05, 3.63) is 81.1 Å². The molecule has 0 fully saturated rings. The highest BCUT2D eigenvalue weighted by Gasteiger charge is 2.13. The van der Waals surface area contributed by atoms with Crippen molar-refractivity contribution in [2.24, 2.45) is 0 Å². The van der Waals surface area contributed by atoms with Crippen molar-refractivity contribution in [3.8, 4) is 0 Å². The van der Waals surface area contributed by atoms with Crippen molar-refractivity contribution in [3.63, 3.8) is 0 Å². The van der Waals surface area contributed by atoms with Gasteiger partial charge in [0.25, 0.3) is 5.91 Å². The first-order chi connectivity index (χ1) is 18.8. The Morgan fingerprint density at radius 2 is 1.85 bits per heavy atom. The average molecular weight is 531 g/mol. The summed E-state index contributed by atoms with van der Waals surface area (Å²) in [5.41, 5.74) is 6.99. The predicted octanol–water partition coefficient (Wildman–Crippen LogP) is 4.95. The number of nitrogens with zero attached hydrogens (tertiary/aromatic N) is 2. The number of anilines is 2. The summed E-state index contributed by atoms with van der Waals surface area (Å²) in [5.74, 6) is -0.108. The molecule has 9 heteroatoms. The fourth-order valence-electron chi connectivity index (χ4n) is 4.83. The highest BCUT2D eigenvalue weighted by molar-refractivity contribution is 5.96. The number of aromatic amines is 1. The Hall–Kier alpha value is -3.98. The van der Waals surface area contributed by atoms with Crippen molar-refractivity contribution in [1.82, 2.24) is 25.6 Å². The Kier molecular flexibility index (Phi) is 9.49. The second kappa shape index (κ2) is 13.2. The topological polar surface area (TPSA) is 125 Å². The molecule has 2 aromatic heterocycles. The van der Waals surface area contributed by atoms with E-state index >= 15 is 0 Å². The number of fused-ring (bicyclic) bond motifs is 1. The van der Waals surface area contributed by atoms with E-state index in [1.54, 1.807) is 18.2 Å². The van der Waals surface area contributed by atoms with E-state index in [0.29, 0.717) is 29.2 Å². The minimum Gasteiger partial charge on any atom is -0.408 e. The third-order valence-electron chi connectivity index (χ3n) is 6.71. The Labute approximate surface area is 228 Å². The zero-order valence-electron chi connectivity index (χ0n) is 23.2. The number of carbonyl (C=O) groups excluding carboxylic acids is 1. The van der Waals surface area contributed by atoms with E-state index < -0.39 is 5.76 Å². The molecule has 39 heavy (non-hydrogen) atoms. The number of nitrogens with one attached hydrogen (secondary N) is 4. The second-order valence-electron chi connectivity index (χ2n) is 9.98. The summed E-state index contributed by atoms with van der Waals surface area (Å²) < 4.78 is 5.06. The Balaban J connectivity index is 1.30. The van der Waals surface area contributed by atoms with Crippen LogP contribution in [0, 0.1) is 13.8 Å². The standard InChI is InChI=1S/C30H38N6O3/c1-5-7-23(10-12-32-28(37)22-8-9-26-27(17-22)39-30(38)36-26)31-13-11-25-21(6-2)18-33-29(35-25)34-24-15-19(3)14-20(4)16-24/h8-9,14-18,23,31H,5-7,10-13H2,1-4H3,(H,32,37)(H,36,38)(H,33,34,35). The van der Waals surface area contributed by atoms with Gasteiger partial charge in [-0.3, -0.25) is 9.78 Å². The largest absolute Gasteiger partial charge is 0.417 e. The van der Waals surface area contributed by atoms with Gasteiger partial charge in [0.15, 0.2) is 5.58 Å². The molecule has 0 aliphatic carbocycles. The molecule has 1 amide bonds. The maximum atomic E-state index is 12.6. The monoisotopic (exact) mass is 530 g/mol. The lowest BCUT2D eigenvalue weighted by Gasteiger charge is -2.19. The van der Waals surface area contributed by atoms with Crippen molar-refractivity contribution < 1.29 is 9.21 Å². The molecule has 4 rings (SSSR count). The van der Waals surface area contributed by atoms with Crippen LogP contribution in [0.1, 0.15) is 65.9 Å². The van der Waals surface area contributed by atoms with Crippen LogP contribution in [-0.2, 0) is 12.8 Å². The van der Waals surface area contributed by atoms with Gasteiger partial charge in [-0.15, -0.1) is 0 Å². The van der Waals surface area contributed by atoms with Crippen molar-refractivity contribution >= 4 is 28.6 Å². The first-order valence-electron chi connectivity index (χ1n) is 13.7. The van der Waals surface area contributed by atoms with Crippen LogP contribution in [0.3, 0.4) is 0 Å². The van der Waals surface area contributed by atoms with E-state index in [4.69, 9.17) is 9.40 Å². The van der Waals surface area contributed by atoms with Gasteiger partial charge in [-0.1, -0.05) is 26.3 Å². The van der Waals surface area contributed by atoms with Gasteiger partial charge < -0.3 is 20.4 Å². The molecule has 0 spiro atoms. The van der Waals surface area contributed by atoms with Crippen LogP contribution in [0.15, 0.2) is 51.8 Å². The van der Waals surface area contributed by atoms with Crippen LogP contribution < -0.4 is 21.7 Å². The van der Waals surface area contributed by atoms with Crippen molar-refractivity contribution in [1.29, 1.82) is 0 Å². The molecule has 0 saturated carbocycles. The molecule has 4 N–H and O–H groups in total. The van der Waals surface area contributed by atoms with Gasteiger partial charge >= 0.3 is 5.76 Å². The number of carbonyl (C=O) groups is 1. The molecule has 2 heterocycles. The molecule has 1 unspecified atom stereocenters. The van der Waals surface area contributed by atoms with Gasteiger partial charge in [-0.05, 0) is 80.1 Å². The van der Waals surface area contributed by atoms with Gasteiger partial charge in [-0.2, -0.15) is 0 Å². The number of amides is 1. The molecule has 0 bridgehead atoms. The van der Waals surface area contributed by atoms with Gasteiger partial charge in [0.05, 0.1) is 11.2 Å². The lowest BCUT2D eigenvalue weighted by atomic mass is 10.1. The normalized spacial score (nSPS) is 12.0. The van der Waals surface area contributed by atoms with E-state index in [0.717, 1.165) is 55.6 Å². The van der Waals surface area contributed by atoms with Crippen LogP contribution in [0.5, 0.6) is 0 Å². The number of hydrogen-bond donors (Lipinski definition) is 4. The van der Waals surface area contributed by atoms with Crippen LogP contribution in [-0.4, -0.2) is 40.0 Å². The fourth-order valence-corrected chi connectivity index (χ4v) is 4.83. The van der Waals surface area contributed by atoms with Crippen LogP contribution >= 0.6 is 0 Å². The molecule has 2 aromatic carbocycles. The van der Waals surface area contributed by atoms with Gasteiger partial charge in [0.2, 0.25) is 5.95 Å². The summed E-state index contributed by atoms with van der Waals surface area (Å²) in [6, 6.07) is 11.6. The van der Waals surface area contributed by atoms with E-state index in [-0.39, 0.29) is 11.9 Å². The summed E-state index contributed by atoms with van der Waals surface area (Å²) in [5, 5.41) is 10.00. The molecule has 4 aromatic rings. The quantitative estimate of drug-likeness (QED) is 0.193. The molecule has 9 nitrogen and oxygen atoms in total. The zero-order chi connectivity index (χ0) is 27.8. The molecule has 0 aliphatic heterocycles. The summed E-state index contributed by atoms with van der Waals surface area (Å²) in [6.07, 6.45) is 6.46. The van der Waals surface area contributed by atoms with Crippen LogP contribution in [0.25, 0.3) is 11.1 Å². The number of aromatic nitrogens is 3. The molecular formula is C30H38N6O3. The Bertz CT molecular complexity index is 1460. The Morgan fingerprint density at radius 1 is 1.05 bits per heavy atom. The first-order valence-corrected chi connectivity index (χ1v) is 13.7. The minimum atomic E-state index is -0.530. The molecule has 0 aliphatic rings. The molecule has 206 valence electrons. The molecule has 0 saturated heterocycles. The van der Waals surface area contributed by atoms with Crippen LogP contribution in [0.2, 0.25) is 0 Å². The van der Waals surface area contributed by atoms with Crippen molar-refractivity contribution in [2.75, 3.05) is 18.4 Å². The maximum Gasteiger partial charge on any atom is 0.417 e. The highest BCUT2D eigenvalue weighted by Crippen LogP contribution is 2.19. The number of H-pyrrole nitrogens is 1. The lowest BCUT2D eigenvalue weighted by molar-refractivity contribution is 0.0952. The molecular weight excluding hydrogens is 492 g/mol. The summed E-state index contributed by atoms with van der Waals surface area (Å²) in [6.45, 7) is 9.78. The lowest BCUT2D eigenvalue weighted by Crippen LogP contribution is -2.35. The second-order valence-corrected chi connectivity index (χ2v) is 9.98. The zero-order valence-corrected chi connectivity index (χ0v) is 23.2. The third-order valence-corrected chi connectivity index (χ3v) is 6.71. The van der Waals surface area contributed by atoms with E-state index in [1.807, 2.05) is 6.20 Å². The van der Waals surface area contributed by atoms with Gasteiger partial charge in [0, 0.05) is 43.0 Å². The van der Waals surface area contributed by atoms with Crippen molar-refractivity contribution in [2.45, 2.75) is 65.8 Å². The van der Waals surface area contributed by atoms with E-state index in [1.165, 1.54) is 11.1 Å². The van der Waals surface area contributed by atoms with E-state index in [2.05, 4.69) is 71.8 Å². The Morgan fingerprint density at radius 3 is 2.59 bits per heavy atom. The summed E-state index contributed by atoms with van der Waals surface area (Å²) in [4.78, 5) is 35.9. The highest BCUT2D eigenvalue weighted by atomic mass is 16.4. The number of oxazole rings is 1. The number of aryl methyl sites for hydroxylation is 3. The van der Waals surface area contributed by atoms with Gasteiger partial charge in [-0.25, -0.2) is 14.8 Å². The fraction of sp³-hybridized carbons (Fsp3) is 0.400. The van der Waals surface area contributed by atoms with Crippen LogP contribution in [0.4, 0.5) is 11.6 Å².